The van der Waals surface area contributed by atoms with E-state index in [0.29, 0.717) is 25.3 Å². The van der Waals surface area contributed by atoms with Gasteiger partial charge in [-0.1, -0.05) is 6.92 Å². The van der Waals surface area contributed by atoms with Crippen molar-refractivity contribution >= 4 is 23.4 Å². The summed E-state index contributed by atoms with van der Waals surface area (Å²) in [5.41, 5.74) is 0. The van der Waals surface area contributed by atoms with Crippen LogP contribution in [0.25, 0.3) is 0 Å². The van der Waals surface area contributed by atoms with Crippen LogP contribution in [0.1, 0.15) is 19.8 Å². The van der Waals surface area contributed by atoms with E-state index >= 15 is 0 Å². The van der Waals surface area contributed by atoms with Crippen molar-refractivity contribution < 1.29 is 9.59 Å². The number of hydrogen-bond donors (Lipinski definition) is 0. The van der Waals surface area contributed by atoms with Gasteiger partial charge in [0.25, 0.3) is 0 Å². The number of likely N-dealkylation sites (tertiary alicyclic amines) is 1. The predicted octanol–water partition coefficient (Wildman–Crippen LogP) is 1.01. The van der Waals surface area contributed by atoms with Gasteiger partial charge in [-0.15, -0.1) is 11.6 Å². The Morgan fingerprint density at radius 3 is 2.33 bits per heavy atom. The highest BCUT2D eigenvalue weighted by Crippen LogP contribution is 2.14. The van der Waals surface area contributed by atoms with Gasteiger partial charge in [-0.3, -0.25) is 14.5 Å². The number of halogens is 1. The second-order valence-electron chi connectivity index (χ2n) is 3.16. The Morgan fingerprint density at radius 2 is 1.92 bits per heavy atom. The van der Waals surface area contributed by atoms with Crippen molar-refractivity contribution in [3.63, 3.8) is 0 Å². The number of carbonyl (C=O) groups is 2. The summed E-state index contributed by atoms with van der Waals surface area (Å²) >= 11 is 5.58. The number of amides is 2. The maximum Gasteiger partial charge on any atom is 0.229 e. The van der Waals surface area contributed by atoms with E-state index in [2.05, 4.69) is 0 Å². The second kappa shape index (κ2) is 3.90. The molecule has 68 valence electrons. The third-order valence-electron chi connectivity index (χ3n) is 1.91. The Hall–Kier alpha value is -0.570. The van der Waals surface area contributed by atoms with Crippen LogP contribution in [0.3, 0.4) is 0 Å². The van der Waals surface area contributed by atoms with E-state index < -0.39 is 0 Å². The summed E-state index contributed by atoms with van der Waals surface area (Å²) in [5, 5.41) is 0. The lowest BCUT2D eigenvalue weighted by Crippen LogP contribution is -2.33. The molecule has 0 bridgehead atoms. The fraction of sp³-hybridized carbons (Fsp3) is 0.750. The van der Waals surface area contributed by atoms with Crippen LogP contribution >= 0.6 is 11.6 Å². The molecule has 2 amide bonds. The van der Waals surface area contributed by atoms with Gasteiger partial charge >= 0.3 is 0 Å². The first-order valence-corrected chi connectivity index (χ1v) is 4.57. The topological polar surface area (TPSA) is 37.4 Å². The quantitative estimate of drug-likeness (QED) is 0.491. The molecule has 1 saturated heterocycles. The largest absolute Gasteiger partial charge is 0.282 e. The van der Waals surface area contributed by atoms with Gasteiger partial charge in [-0.05, 0) is 5.92 Å². The van der Waals surface area contributed by atoms with Crippen LogP contribution in [0, 0.1) is 5.92 Å². The Balaban J connectivity index is 2.50. The standard InChI is InChI=1S/C8H12ClNO2/c1-6(4-9)5-10-7(11)2-3-8(10)12/h6H,2-5H2,1H3. The molecule has 4 heteroatoms. The Morgan fingerprint density at radius 1 is 1.42 bits per heavy atom. The lowest BCUT2D eigenvalue weighted by atomic mass is 10.2. The summed E-state index contributed by atoms with van der Waals surface area (Å²) < 4.78 is 0. The van der Waals surface area contributed by atoms with Gasteiger partial charge in [0.1, 0.15) is 0 Å². The molecule has 0 N–H and O–H groups in total. The highest BCUT2D eigenvalue weighted by atomic mass is 35.5. The average Bonchev–Trinajstić information content (AvgIpc) is 2.35. The molecule has 0 radical (unpaired) electrons. The van der Waals surface area contributed by atoms with Gasteiger partial charge in [-0.25, -0.2) is 0 Å². The molecule has 0 aromatic carbocycles. The Bertz CT molecular complexity index is 189. The molecule has 0 aromatic rings. The summed E-state index contributed by atoms with van der Waals surface area (Å²) in [4.78, 5) is 23.5. The van der Waals surface area contributed by atoms with Gasteiger partial charge in [-0.2, -0.15) is 0 Å². The summed E-state index contributed by atoms with van der Waals surface area (Å²) in [6.45, 7) is 2.40. The lowest BCUT2D eigenvalue weighted by molar-refractivity contribution is -0.138. The van der Waals surface area contributed by atoms with Crippen LogP contribution in [-0.4, -0.2) is 29.1 Å². The van der Waals surface area contributed by atoms with Gasteiger partial charge < -0.3 is 0 Å². The fourth-order valence-electron chi connectivity index (χ4n) is 1.19. The van der Waals surface area contributed by atoms with Crippen molar-refractivity contribution in [1.82, 2.24) is 4.90 Å². The molecule has 1 heterocycles. The normalized spacial score (nSPS) is 20.3. The molecule has 1 aliphatic rings. The van der Waals surface area contributed by atoms with Crippen LogP contribution < -0.4 is 0 Å². The van der Waals surface area contributed by atoms with E-state index in [9.17, 15) is 9.59 Å². The summed E-state index contributed by atoms with van der Waals surface area (Å²) in [6.07, 6.45) is 0.738. The minimum atomic E-state index is -0.0584. The number of rotatable bonds is 3. The van der Waals surface area contributed by atoms with E-state index in [1.807, 2.05) is 6.92 Å². The number of alkyl halides is 1. The first-order valence-electron chi connectivity index (χ1n) is 4.04. The number of hydrogen-bond acceptors (Lipinski definition) is 2. The fourth-order valence-corrected chi connectivity index (χ4v) is 1.28. The van der Waals surface area contributed by atoms with Crippen molar-refractivity contribution in [3.05, 3.63) is 0 Å². The number of carbonyl (C=O) groups excluding carboxylic acids is 2. The maximum atomic E-state index is 11.1. The molecule has 0 saturated carbocycles. The molecule has 12 heavy (non-hydrogen) atoms. The highest BCUT2D eigenvalue weighted by Gasteiger charge is 2.29. The molecular weight excluding hydrogens is 178 g/mol. The average molecular weight is 190 g/mol. The van der Waals surface area contributed by atoms with E-state index in [4.69, 9.17) is 11.6 Å². The Labute approximate surface area is 76.7 Å². The van der Waals surface area contributed by atoms with Crippen molar-refractivity contribution in [1.29, 1.82) is 0 Å². The van der Waals surface area contributed by atoms with Gasteiger partial charge in [0.15, 0.2) is 0 Å². The number of imide groups is 1. The third-order valence-corrected chi connectivity index (χ3v) is 2.44. The molecule has 1 atom stereocenters. The molecule has 0 aromatic heterocycles. The van der Waals surface area contributed by atoms with Crippen molar-refractivity contribution in [2.24, 2.45) is 5.92 Å². The zero-order chi connectivity index (χ0) is 9.14. The van der Waals surface area contributed by atoms with Gasteiger partial charge in [0.2, 0.25) is 11.8 Å². The highest BCUT2D eigenvalue weighted by molar-refractivity contribution is 6.18. The first kappa shape index (κ1) is 9.52. The van der Waals surface area contributed by atoms with Crippen molar-refractivity contribution in [3.8, 4) is 0 Å². The predicted molar refractivity (Wildman–Crippen MR) is 45.8 cm³/mol. The van der Waals surface area contributed by atoms with Crippen molar-refractivity contribution in [2.75, 3.05) is 12.4 Å². The smallest absolute Gasteiger partial charge is 0.229 e. The number of nitrogens with zero attached hydrogens (tertiary/aromatic N) is 1. The van der Waals surface area contributed by atoms with Gasteiger partial charge in [0, 0.05) is 25.3 Å². The van der Waals surface area contributed by atoms with E-state index in [0.717, 1.165) is 0 Å². The monoisotopic (exact) mass is 189 g/mol. The zero-order valence-electron chi connectivity index (χ0n) is 7.05. The van der Waals surface area contributed by atoms with Crippen LogP contribution in [0.4, 0.5) is 0 Å². The SMILES string of the molecule is CC(CCl)CN1C(=O)CCC1=O. The van der Waals surface area contributed by atoms with E-state index in [1.165, 1.54) is 4.90 Å². The van der Waals surface area contributed by atoms with Crippen LogP contribution in [0.15, 0.2) is 0 Å². The van der Waals surface area contributed by atoms with Gasteiger partial charge in [0.05, 0.1) is 0 Å². The van der Waals surface area contributed by atoms with Crippen molar-refractivity contribution in [2.45, 2.75) is 19.8 Å². The zero-order valence-corrected chi connectivity index (χ0v) is 7.80. The molecule has 1 unspecified atom stereocenters. The minimum Gasteiger partial charge on any atom is -0.282 e. The molecule has 1 rings (SSSR count). The van der Waals surface area contributed by atoms with E-state index in [1.54, 1.807) is 0 Å². The Kier molecular flexibility index (Phi) is 3.09. The molecule has 1 aliphatic heterocycles. The van der Waals surface area contributed by atoms with Crippen LogP contribution in [0.5, 0.6) is 0 Å². The van der Waals surface area contributed by atoms with Crippen LogP contribution in [-0.2, 0) is 9.59 Å². The van der Waals surface area contributed by atoms with Crippen LogP contribution in [0.2, 0.25) is 0 Å². The molecular formula is C8H12ClNO2. The first-order chi connectivity index (χ1) is 5.65. The molecule has 0 aliphatic carbocycles. The van der Waals surface area contributed by atoms with E-state index in [-0.39, 0.29) is 17.7 Å². The third kappa shape index (κ3) is 1.97. The molecule has 1 fully saturated rings. The summed E-state index contributed by atoms with van der Waals surface area (Å²) in [6, 6.07) is 0. The summed E-state index contributed by atoms with van der Waals surface area (Å²) in [7, 11) is 0. The minimum absolute atomic E-state index is 0.0584. The molecule has 3 nitrogen and oxygen atoms in total. The maximum absolute atomic E-state index is 11.1. The molecule has 0 spiro atoms. The lowest BCUT2D eigenvalue weighted by Gasteiger charge is -2.16. The summed E-state index contributed by atoms with van der Waals surface area (Å²) in [5.74, 6) is 0.559. The second-order valence-corrected chi connectivity index (χ2v) is 3.47.